The molecule has 0 heterocycles. The van der Waals surface area contributed by atoms with Crippen LogP contribution in [0.4, 0.5) is 5.69 Å². The Kier molecular flexibility index (Phi) is 6.71. The first kappa shape index (κ1) is 15.8. The zero-order chi connectivity index (χ0) is 14.3. The Morgan fingerprint density at radius 2 is 2.11 bits per heavy atom. The molecule has 1 aromatic carbocycles. The number of hydrogen-bond acceptors (Lipinski definition) is 2. The van der Waals surface area contributed by atoms with Crippen LogP contribution in [0.25, 0.3) is 0 Å². The fraction of sp³-hybridized carbons (Fsp3) is 0.533. The van der Waals surface area contributed by atoms with Crippen LogP contribution < -0.4 is 10.6 Å². The van der Waals surface area contributed by atoms with E-state index in [2.05, 4.69) is 24.5 Å². The first-order chi connectivity index (χ1) is 9.04. The summed E-state index contributed by atoms with van der Waals surface area (Å²) in [5.41, 5.74) is 1.44. The number of halogens is 1. The Hall–Kier alpha value is -1.22. The highest BCUT2D eigenvalue weighted by Crippen LogP contribution is 2.20. The van der Waals surface area contributed by atoms with Crippen molar-refractivity contribution in [2.24, 2.45) is 5.92 Å². The number of carbonyl (C=O) groups excluding carboxylic acids is 1. The number of amides is 1. The Bertz CT molecular complexity index is 419. The van der Waals surface area contributed by atoms with Gasteiger partial charge in [0.05, 0.1) is 5.56 Å². The van der Waals surface area contributed by atoms with Gasteiger partial charge in [0.15, 0.2) is 0 Å². The molecule has 1 amide bonds. The van der Waals surface area contributed by atoms with Crippen LogP contribution in [0.15, 0.2) is 18.2 Å². The van der Waals surface area contributed by atoms with Gasteiger partial charge >= 0.3 is 0 Å². The van der Waals surface area contributed by atoms with E-state index in [4.69, 9.17) is 11.6 Å². The monoisotopic (exact) mass is 282 g/mol. The number of carbonyl (C=O) groups is 1. The van der Waals surface area contributed by atoms with Crippen LogP contribution in [0.3, 0.4) is 0 Å². The molecule has 0 bridgehead atoms. The maximum absolute atomic E-state index is 12.1. The summed E-state index contributed by atoms with van der Waals surface area (Å²) in [7, 11) is 0. The summed E-state index contributed by atoms with van der Waals surface area (Å²) in [5.74, 6) is 0.600. The van der Waals surface area contributed by atoms with Gasteiger partial charge in [0.25, 0.3) is 5.91 Å². The summed E-state index contributed by atoms with van der Waals surface area (Å²) < 4.78 is 0. The first-order valence-corrected chi connectivity index (χ1v) is 7.24. The van der Waals surface area contributed by atoms with Gasteiger partial charge in [-0.3, -0.25) is 4.79 Å². The molecular weight excluding hydrogens is 260 g/mol. The van der Waals surface area contributed by atoms with Gasteiger partial charge < -0.3 is 10.6 Å². The van der Waals surface area contributed by atoms with E-state index in [-0.39, 0.29) is 5.91 Å². The van der Waals surface area contributed by atoms with Gasteiger partial charge in [-0.05, 0) is 43.9 Å². The number of rotatable bonds is 7. The molecule has 0 unspecified atom stereocenters. The molecule has 0 saturated carbocycles. The Morgan fingerprint density at radius 3 is 2.74 bits per heavy atom. The predicted molar refractivity (Wildman–Crippen MR) is 82.0 cm³/mol. The Morgan fingerprint density at radius 1 is 1.37 bits per heavy atom. The van der Waals surface area contributed by atoms with Crippen molar-refractivity contribution < 1.29 is 4.79 Å². The van der Waals surface area contributed by atoms with Crippen LogP contribution >= 0.6 is 11.6 Å². The van der Waals surface area contributed by atoms with Gasteiger partial charge in [0.1, 0.15) is 0 Å². The summed E-state index contributed by atoms with van der Waals surface area (Å²) in [5, 5.41) is 6.69. The molecule has 0 spiro atoms. The minimum absolute atomic E-state index is 0.0674. The molecule has 0 aliphatic rings. The Labute approximate surface area is 120 Å². The minimum atomic E-state index is -0.0674. The van der Waals surface area contributed by atoms with Crippen LogP contribution in [0.5, 0.6) is 0 Å². The summed E-state index contributed by atoms with van der Waals surface area (Å²) >= 11 is 5.96. The van der Waals surface area contributed by atoms with E-state index in [0.717, 1.165) is 25.1 Å². The van der Waals surface area contributed by atoms with Crippen molar-refractivity contribution >= 4 is 23.2 Å². The highest BCUT2D eigenvalue weighted by Gasteiger charge is 2.11. The summed E-state index contributed by atoms with van der Waals surface area (Å²) in [6.45, 7) is 7.84. The van der Waals surface area contributed by atoms with Gasteiger partial charge in [-0.25, -0.2) is 0 Å². The lowest BCUT2D eigenvalue weighted by molar-refractivity contribution is 0.0953. The zero-order valence-electron chi connectivity index (χ0n) is 11.9. The SMILES string of the molecule is CCNc1ccc(Cl)cc1C(=O)NCCCC(C)C. The highest BCUT2D eigenvalue weighted by molar-refractivity contribution is 6.31. The molecule has 0 saturated heterocycles. The third-order valence-corrected chi connectivity index (χ3v) is 3.07. The lowest BCUT2D eigenvalue weighted by atomic mass is 10.1. The fourth-order valence-electron chi connectivity index (χ4n) is 1.86. The predicted octanol–water partition coefficient (Wildman–Crippen LogP) is 3.94. The van der Waals surface area contributed by atoms with Crippen LogP contribution in [0, 0.1) is 5.92 Å². The quantitative estimate of drug-likeness (QED) is 0.744. The third-order valence-electron chi connectivity index (χ3n) is 2.84. The average molecular weight is 283 g/mol. The molecule has 1 rings (SSSR count). The van der Waals surface area contributed by atoms with E-state index in [1.807, 2.05) is 13.0 Å². The molecule has 4 heteroatoms. The van der Waals surface area contributed by atoms with Gasteiger partial charge in [-0.15, -0.1) is 0 Å². The van der Waals surface area contributed by atoms with Crippen molar-refractivity contribution in [3.63, 3.8) is 0 Å². The van der Waals surface area contributed by atoms with Crippen molar-refractivity contribution in [2.45, 2.75) is 33.6 Å². The molecule has 0 atom stereocenters. The molecule has 0 aromatic heterocycles. The van der Waals surface area contributed by atoms with E-state index in [0.29, 0.717) is 23.0 Å². The van der Waals surface area contributed by atoms with E-state index >= 15 is 0 Å². The second-order valence-electron chi connectivity index (χ2n) is 5.01. The standard InChI is InChI=1S/C15H23ClN2O/c1-4-17-14-8-7-12(16)10-13(14)15(19)18-9-5-6-11(2)3/h7-8,10-11,17H,4-6,9H2,1-3H3,(H,18,19). The Balaban J connectivity index is 2.62. The third kappa shape index (κ3) is 5.52. The van der Waals surface area contributed by atoms with Crippen molar-refractivity contribution in [3.8, 4) is 0 Å². The summed E-state index contributed by atoms with van der Waals surface area (Å²) in [4.78, 5) is 12.1. The normalized spacial score (nSPS) is 10.6. The lowest BCUT2D eigenvalue weighted by Crippen LogP contribution is -2.25. The molecular formula is C15H23ClN2O. The van der Waals surface area contributed by atoms with Crippen molar-refractivity contribution in [1.82, 2.24) is 5.32 Å². The topological polar surface area (TPSA) is 41.1 Å². The molecule has 106 valence electrons. The van der Waals surface area contributed by atoms with E-state index < -0.39 is 0 Å². The van der Waals surface area contributed by atoms with Crippen LogP contribution in [-0.4, -0.2) is 19.0 Å². The molecule has 1 aromatic rings. The number of anilines is 1. The van der Waals surface area contributed by atoms with Crippen LogP contribution in [-0.2, 0) is 0 Å². The average Bonchev–Trinajstić information content (AvgIpc) is 2.36. The summed E-state index contributed by atoms with van der Waals surface area (Å²) in [6.07, 6.45) is 2.12. The van der Waals surface area contributed by atoms with Gasteiger partial charge in [-0.1, -0.05) is 25.4 Å². The summed E-state index contributed by atoms with van der Waals surface area (Å²) in [6, 6.07) is 5.33. The van der Waals surface area contributed by atoms with Crippen molar-refractivity contribution in [1.29, 1.82) is 0 Å². The largest absolute Gasteiger partial charge is 0.385 e. The molecule has 0 fully saturated rings. The van der Waals surface area contributed by atoms with E-state index in [9.17, 15) is 4.79 Å². The molecule has 0 aliphatic heterocycles. The number of benzene rings is 1. The molecule has 19 heavy (non-hydrogen) atoms. The van der Waals surface area contributed by atoms with Gasteiger partial charge in [0, 0.05) is 23.8 Å². The maximum atomic E-state index is 12.1. The lowest BCUT2D eigenvalue weighted by Gasteiger charge is -2.12. The first-order valence-electron chi connectivity index (χ1n) is 6.86. The van der Waals surface area contributed by atoms with Crippen LogP contribution in [0.1, 0.15) is 44.0 Å². The van der Waals surface area contributed by atoms with E-state index in [1.165, 1.54) is 0 Å². The number of nitrogens with one attached hydrogen (secondary N) is 2. The smallest absolute Gasteiger partial charge is 0.253 e. The van der Waals surface area contributed by atoms with Crippen LogP contribution in [0.2, 0.25) is 5.02 Å². The second kappa shape index (κ2) is 8.05. The molecule has 3 nitrogen and oxygen atoms in total. The second-order valence-corrected chi connectivity index (χ2v) is 5.45. The fourth-order valence-corrected chi connectivity index (χ4v) is 2.03. The minimum Gasteiger partial charge on any atom is -0.385 e. The highest BCUT2D eigenvalue weighted by atomic mass is 35.5. The zero-order valence-corrected chi connectivity index (χ0v) is 12.7. The van der Waals surface area contributed by atoms with Gasteiger partial charge in [-0.2, -0.15) is 0 Å². The number of hydrogen-bond donors (Lipinski definition) is 2. The van der Waals surface area contributed by atoms with Gasteiger partial charge in [0.2, 0.25) is 0 Å². The molecule has 0 radical (unpaired) electrons. The molecule has 0 aliphatic carbocycles. The van der Waals surface area contributed by atoms with Crippen molar-refractivity contribution in [3.05, 3.63) is 28.8 Å². The van der Waals surface area contributed by atoms with E-state index in [1.54, 1.807) is 12.1 Å². The maximum Gasteiger partial charge on any atom is 0.253 e. The molecule has 2 N–H and O–H groups in total. The van der Waals surface area contributed by atoms with Crippen molar-refractivity contribution in [2.75, 3.05) is 18.4 Å².